The fourth-order valence-electron chi connectivity index (χ4n) is 2.18. The van der Waals surface area contributed by atoms with Gasteiger partial charge in [0.05, 0.1) is 11.5 Å². The highest BCUT2D eigenvalue weighted by molar-refractivity contribution is 8.13. The molecule has 1 saturated heterocycles. The molecule has 106 valence electrons. The number of benzene rings is 1. The van der Waals surface area contributed by atoms with Gasteiger partial charge < -0.3 is 9.64 Å². The maximum absolute atomic E-state index is 11.1. The fraction of sp³-hybridized carbons (Fsp3) is 0.538. The minimum absolute atomic E-state index is 0.0959. The average molecular weight is 304 g/mol. The summed E-state index contributed by atoms with van der Waals surface area (Å²) in [5.74, 6) is 0.672. The zero-order chi connectivity index (χ0) is 13.7. The minimum atomic E-state index is -3.65. The lowest BCUT2D eigenvalue weighted by atomic mass is 10.3. The Bertz CT molecular complexity index is 495. The highest BCUT2D eigenvalue weighted by atomic mass is 35.7. The van der Waals surface area contributed by atoms with Crippen LogP contribution in [0.1, 0.15) is 19.3 Å². The van der Waals surface area contributed by atoms with Crippen molar-refractivity contribution in [2.75, 3.05) is 26.2 Å². The molecule has 0 atom stereocenters. The molecule has 0 aromatic heterocycles. The predicted molar refractivity (Wildman–Crippen MR) is 75.3 cm³/mol. The molecule has 1 aliphatic rings. The van der Waals surface area contributed by atoms with E-state index in [1.807, 2.05) is 0 Å². The summed E-state index contributed by atoms with van der Waals surface area (Å²) in [5, 5.41) is 0. The van der Waals surface area contributed by atoms with Gasteiger partial charge in [-0.25, -0.2) is 8.42 Å². The molecule has 19 heavy (non-hydrogen) atoms. The summed E-state index contributed by atoms with van der Waals surface area (Å²) in [6, 6.07) is 6.17. The Balaban J connectivity index is 1.74. The molecule has 0 bridgehead atoms. The van der Waals surface area contributed by atoms with Crippen LogP contribution in [0.25, 0.3) is 0 Å². The van der Waals surface area contributed by atoms with Crippen molar-refractivity contribution in [3.63, 3.8) is 0 Å². The third kappa shape index (κ3) is 4.67. The first-order valence-electron chi connectivity index (χ1n) is 6.45. The Morgan fingerprint density at radius 2 is 1.79 bits per heavy atom. The molecule has 1 heterocycles. The molecule has 0 saturated carbocycles. The SMILES string of the molecule is O=S(=O)(Cl)c1ccc(OCCCN2CCCC2)cc1. The molecule has 1 aliphatic heterocycles. The lowest BCUT2D eigenvalue weighted by Gasteiger charge is -2.14. The van der Waals surface area contributed by atoms with Crippen molar-refractivity contribution in [1.82, 2.24) is 4.90 Å². The van der Waals surface area contributed by atoms with E-state index < -0.39 is 9.05 Å². The number of nitrogens with zero attached hydrogens (tertiary/aromatic N) is 1. The van der Waals surface area contributed by atoms with Crippen molar-refractivity contribution in [3.05, 3.63) is 24.3 Å². The molecule has 1 aromatic rings. The molecule has 0 amide bonds. The molecule has 1 fully saturated rings. The van der Waals surface area contributed by atoms with Crippen molar-refractivity contribution < 1.29 is 13.2 Å². The van der Waals surface area contributed by atoms with Gasteiger partial charge in [0.25, 0.3) is 9.05 Å². The maximum Gasteiger partial charge on any atom is 0.261 e. The number of rotatable bonds is 6. The summed E-state index contributed by atoms with van der Waals surface area (Å²) in [5.41, 5.74) is 0. The summed E-state index contributed by atoms with van der Waals surface area (Å²) >= 11 is 0. The summed E-state index contributed by atoms with van der Waals surface area (Å²) < 4.78 is 27.7. The maximum atomic E-state index is 11.1. The second kappa shape index (κ2) is 6.59. The van der Waals surface area contributed by atoms with Gasteiger partial charge >= 0.3 is 0 Å². The normalized spacial score (nSPS) is 16.7. The molecular weight excluding hydrogens is 286 g/mol. The van der Waals surface area contributed by atoms with Gasteiger partial charge in [-0.05, 0) is 56.6 Å². The Hall–Kier alpha value is -0.780. The van der Waals surface area contributed by atoms with Gasteiger partial charge in [-0.2, -0.15) is 0 Å². The van der Waals surface area contributed by atoms with Gasteiger partial charge in [0.1, 0.15) is 5.75 Å². The third-order valence-electron chi connectivity index (χ3n) is 3.19. The van der Waals surface area contributed by atoms with Crippen LogP contribution in [-0.2, 0) is 9.05 Å². The molecule has 0 radical (unpaired) electrons. The summed E-state index contributed by atoms with van der Waals surface area (Å²) in [4.78, 5) is 2.53. The third-order valence-corrected chi connectivity index (χ3v) is 4.56. The van der Waals surface area contributed by atoms with Gasteiger partial charge in [-0.1, -0.05) is 0 Å². The van der Waals surface area contributed by atoms with Crippen molar-refractivity contribution in [2.45, 2.75) is 24.2 Å². The van der Waals surface area contributed by atoms with E-state index in [2.05, 4.69) is 4.90 Å². The molecule has 6 heteroatoms. The highest BCUT2D eigenvalue weighted by Gasteiger charge is 2.11. The first kappa shape index (κ1) is 14.6. The molecular formula is C13H18ClNO3S. The van der Waals surface area contributed by atoms with Crippen molar-refractivity contribution in [3.8, 4) is 5.75 Å². The zero-order valence-electron chi connectivity index (χ0n) is 10.7. The molecule has 0 N–H and O–H groups in total. The van der Waals surface area contributed by atoms with Gasteiger partial charge in [-0.3, -0.25) is 0 Å². The Morgan fingerprint density at radius 3 is 2.37 bits per heavy atom. The minimum Gasteiger partial charge on any atom is -0.494 e. The quantitative estimate of drug-likeness (QED) is 0.598. The van der Waals surface area contributed by atoms with Crippen LogP contribution in [0.5, 0.6) is 5.75 Å². The fourth-order valence-corrected chi connectivity index (χ4v) is 2.95. The Kier molecular flexibility index (Phi) is 5.07. The van der Waals surface area contributed by atoms with Crippen LogP contribution in [0.3, 0.4) is 0 Å². The van der Waals surface area contributed by atoms with E-state index in [1.165, 1.54) is 38.1 Å². The van der Waals surface area contributed by atoms with Crippen LogP contribution in [0.15, 0.2) is 29.2 Å². The standard InChI is InChI=1S/C13H18ClNO3S/c14-19(16,17)13-6-4-12(5-7-13)18-11-3-10-15-8-1-2-9-15/h4-7H,1-3,8-11H2. The molecule has 4 nitrogen and oxygen atoms in total. The predicted octanol–water partition coefficient (Wildman–Crippen LogP) is 2.48. The van der Waals surface area contributed by atoms with Gasteiger partial charge in [-0.15, -0.1) is 0 Å². The van der Waals surface area contributed by atoms with E-state index in [0.29, 0.717) is 12.4 Å². The molecule has 2 rings (SSSR count). The van der Waals surface area contributed by atoms with Crippen molar-refractivity contribution in [1.29, 1.82) is 0 Å². The first-order valence-corrected chi connectivity index (χ1v) is 8.76. The van der Waals surface area contributed by atoms with Crippen LogP contribution in [0.4, 0.5) is 0 Å². The second-order valence-electron chi connectivity index (χ2n) is 4.66. The van der Waals surface area contributed by atoms with Crippen LogP contribution < -0.4 is 4.74 Å². The summed E-state index contributed by atoms with van der Waals surface area (Å²) in [6.45, 7) is 4.10. The van der Waals surface area contributed by atoms with Gasteiger partial charge in [0.2, 0.25) is 0 Å². The van der Waals surface area contributed by atoms with Crippen molar-refractivity contribution >= 4 is 19.7 Å². The molecule has 0 unspecified atom stereocenters. The van der Waals surface area contributed by atoms with Crippen LogP contribution in [-0.4, -0.2) is 39.6 Å². The second-order valence-corrected chi connectivity index (χ2v) is 7.23. The Labute approximate surface area is 118 Å². The summed E-state index contributed by atoms with van der Waals surface area (Å²) in [6.07, 6.45) is 3.58. The first-order chi connectivity index (χ1) is 9.05. The van der Waals surface area contributed by atoms with Crippen LogP contribution >= 0.6 is 10.7 Å². The van der Waals surface area contributed by atoms with E-state index in [4.69, 9.17) is 15.4 Å². The van der Waals surface area contributed by atoms with Gasteiger partial charge in [0, 0.05) is 17.2 Å². The van der Waals surface area contributed by atoms with Crippen molar-refractivity contribution in [2.24, 2.45) is 0 Å². The van der Waals surface area contributed by atoms with E-state index >= 15 is 0 Å². The monoisotopic (exact) mass is 303 g/mol. The smallest absolute Gasteiger partial charge is 0.261 e. The number of likely N-dealkylation sites (tertiary alicyclic amines) is 1. The molecule has 0 spiro atoms. The number of halogens is 1. The summed E-state index contributed by atoms with van der Waals surface area (Å²) in [7, 11) is 1.59. The van der Waals surface area contributed by atoms with E-state index in [9.17, 15) is 8.42 Å². The number of hydrogen-bond donors (Lipinski definition) is 0. The molecule has 0 aliphatic carbocycles. The number of ether oxygens (including phenoxy) is 1. The largest absolute Gasteiger partial charge is 0.494 e. The number of hydrogen-bond acceptors (Lipinski definition) is 4. The van der Waals surface area contributed by atoms with E-state index in [1.54, 1.807) is 12.1 Å². The zero-order valence-corrected chi connectivity index (χ0v) is 12.3. The lowest BCUT2D eigenvalue weighted by molar-refractivity contribution is 0.263. The van der Waals surface area contributed by atoms with Crippen LogP contribution in [0.2, 0.25) is 0 Å². The highest BCUT2D eigenvalue weighted by Crippen LogP contribution is 2.19. The van der Waals surface area contributed by atoms with E-state index in [0.717, 1.165) is 13.0 Å². The van der Waals surface area contributed by atoms with E-state index in [-0.39, 0.29) is 4.90 Å². The topological polar surface area (TPSA) is 46.6 Å². The average Bonchev–Trinajstić information content (AvgIpc) is 2.87. The molecule has 1 aromatic carbocycles. The van der Waals surface area contributed by atoms with Crippen LogP contribution in [0, 0.1) is 0 Å². The lowest BCUT2D eigenvalue weighted by Crippen LogP contribution is -2.21. The Morgan fingerprint density at radius 1 is 1.16 bits per heavy atom. The van der Waals surface area contributed by atoms with Gasteiger partial charge in [0.15, 0.2) is 0 Å².